The van der Waals surface area contributed by atoms with Gasteiger partial charge < -0.3 is 20.2 Å². The molecule has 0 aliphatic rings. The van der Waals surface area contributed by atoms with Gasteiger partial charge in [-0.2, -0.15) is 0 Å². The van der Waals surface area contributed by atoms with Crippen molar-refractivity contribution in [3.8, 4) is 0 Å². The van der Waals surface area contributed by atoms with Gasteiger partial charge in [-0.1, -0.05) is 0 Å². The van der Waals surface area contributed by atoms with Crippen molar-refractivity contribution in [1.82, 2.24) is 0 Å². The monoisotopic (exact) mass is 285 g/mol. The zero-order valence-corrected chi connectivity index (χ0v) is 9.87. The van der Waals surface area contributed by atoms with Gasteiger partial charge in [0.25, 0.3) is 0 Å². The molecule has 0 amide bonds. The summed E-state index contributed by atoms with van der Waals surface area (Å²) in [6.07, 6.45) is -3.02. The van der Waals surface area contributed by atoms with Crippen molar-refractivity contribution in [2.45, 2.75) is 24.4 Å². The minimum atomic E-state index is -5.05. The molecular formula is C7H12NO9P. The number of aliphatic carboxylic acids is 3. The summed E-state index contributed by atoms with van der Waals surface area (Å²) in [5.74, 6) is -0.630. The van der Waals surface area contributed by atoms with E-state index in [1.54, 1.807) is 0 Å². The predicted octanol–water partition coefficient (Wildman–Crippen LogP) is -0.775. The standard InChI is InChI=1S/C7H12NO9P/c8-17-18(15,16)7(6(13)14,3-5(11)12)2-1-4(9)10/h1-3,8H2,(H,9,10)(H,11,12)(H,13,14)(H,15,16). The molecule has 2 atom stereocenters. The maximum absolute atomic E-state index is 11.6. The van der Waals surface area contributed by atoms with E-state index in [-0.39, 0.29) is 0 Å². The zero-order valence-electron chi connectivity index (χ0n) is 8.98. The molecule has 0 spiro atoms. The van der Waals surface area contributed by atoms with Crippen LogP contribution < -0.4 is 5.90 Å². The number of carboxylic acids is 3. The summed E-state index contributed by atoms with van der Waals surface area (Å²) < 4.78 is 15.2. The second kappa shape index (κ2) is 5.91. The number of rotatable bonds is 8. The molecule has 10 nitrogen and oxygen atoms in total. The first kappa shape index (κ1) is 16.5. The first-order valence-corrected chi connectivity index (χ1v) is 6.05. The van der Waals surface area contributed by atoms with E-state index >= 15 is 0 Å². The van der Waals surface area contributed by atoms with E-state index in [9.17, 15) is 23.8 Å². The predicted molar refractivity (Wildman–Crippen MR) is 54.6 cm³/mol. The highest BCUT2D eigenvalue weighted by atomic mass is 31.2. The number of nitrogens with two attached hydrogens (primary N) is 1. The highest BCUT2D eigenvalue weighted by Crippen LogP contribution is 2.58. The molecule has 0 radical (unpaired) electrons. The topological polar surface area (TPSA) is 184 Å². The molecule has 0 saturated carbocycles. The molecular weight excluding hydrogens is 273 g/mol. The smallest absolute Gasteiger partial charge is 0.362 e. The van der Waals surface area contributed by atoms with Crippen molar-refractivity contribution >= 4 is 25.5 Å². The molecule has 0 aromatic rings. The number of hydrogen-bond donors (Lipinski definition) is 5. The van der Waals surface area contributed by atoms with E-state index in [4.69, 9.17) is 15.3 Å². The Morgan fingerprint density at radius 2 is 1.67 bits per heavy atom. The van der Waals surface area contributed by atoms with Gasteiger partial charge in [0.05, 0.1) is 6.42 Å². The van der Waals surface area contributed by atoms with E-state index in [2.05, 4.69) is 10.5 Å². The van der Waals surface area contributed by atoms with Crippen LogP contribution in [0.1, 0.15) is 19.3 Å². The fourth-order valence-corrected chi connectivity index (χ4v) is 2.47. The van der Waals surface area contributed by atoms with Crippen molar-refractivity contribution in [3.63, 3.8) is 0 Å². The molecule has 18 heavy (non-hydrogen) atoms. The lowest BCUT2D eigenvalue weighted by atomic mass is 9.98. The Balaban J connectivity index is 5.57. The molecule has 104 valence electrons. The van der Waals surface area contributed by atoms with Crippen LogP contribution in [0, 0.1) is 0 Å². The number of carboxylic acid groups (broad SMARTS) is 3. The highest BCUT2D eigenvalue weighted by Gasteiger charge is 2.57. The first-order chi connectivity index (χ1) is 8.09. The van der Waals surface area contributed by atoms with Gasteiger partial charge in [-0.25, -0.2) is 10.5 Å². The normalized spacial score (nSPS) is 17.4. The van der Waals surface area contributed by atoms with Crippen molar-refractivity contribution in [3.05, 3.63) is 0 Å². The molecule has 6 N–H and O–H groups in total. The third kappa shape index (κ3) is 3.50. The maximum atomic E-state index is 11.6. The van der Waals surface area contributed by atoms with Crippen LogP contribution in [0.2, 0.25) is 0 Å². The second-order valence-corrected chi connectivity index (χ2v) is 5.53. The van der Waals surface area contributed by atoms with Gasteiger partial charge in [-0.05, 0) is 6.42 Å². The summed E-state index contributed by atoms with van der Waals surface area (Å²) in [5, 5.41) is 23.2. The Morgan fingerprint density at radius 3 is 1.94 bits per heavy atom. The number of hydrogen-bond acceptors (Lipinski definition) is 6. The molecule has 11 heteroatoms. The second-order valence-electron chi connectivity index (χ2n) is 3.43. The Bertz CT molecular complexity index is 408. The van der Waals surface area contributed by atoms with E-state index in [0.29, 0.717) is 0 Å². The highest BCUT2D eigenvalue weighted by molar-refractivity contribution is 7.55. The molecule has 2 unspecified atom stereocenters. The summed E-state index contributed by atoms with van der Waals surface area (Å²) >= 11 is 0. The first-order valence-electron chi connectivity index (χ1n) is 4.47. The van der Waals surface area contributed by atoms with Gasteiger partial charge in [0.2, 0.25) is 0 Å². The van der Waals surface area contributed by atoms with Crippen molar-refractivity contribution in [1.29, 1.82) is 0 Å². The summed E-state index contributed by atoms with van der Waals surface area (Å²) in [6, 6.07) is 0. The fourth-order valence-electron chi connectivity index (χ4n) is 1.30. The van der Waals surface area contributed by atoms with E-state index in [1.165, 1.54) is 0 Å². The molecule has 0 bridgehead atoms. The minimum absolute atomic E-state index is 0.826. The van der Waals surface area contributed by atoms with Gasteiger partial charge in [0, 0.05) is 6.42 Å². The lowest BCUT2D eigenvalue weighted by Crippen LogP contribution is -2.42. The van der Waals surface area contributed by atoms with Crippen LogP contribution in [-0.4, -0.2) is 43.3 Å². The van der Waals surface area contributed by atoms with Crippen molar-refractivity contribution < 1.29 is 43.8 Å². The summed E-state index contributed by atoms with van der Waals surface area (Å²) in [7, 11) is -5.05. The van der Waals surface area contributed by atoms with E-state index in [0.717, 1.165) is 0 Å². The summed E-state index contributed by atoms with van der Waals surface area (Å²) in [4.78, 5) is 41.4. The van der Waals surface area contributed by atoms with Gasteiger partial charge >= 0.3 is 25.5 Å². The quantitative estimate of drug-likeness (QED) is 0.280. The third-order valence-corrected chi connectivity index (χ3v) is 4.22. The van der Waals surface area contributed by atoms with Crippen LogP contribution in [0.5, 0.6) is 0 Å². The van der Waals surface area contributed by atoms with Crippen LogP contribution in [0.15, 0.2) is 0 Å². The SMILES string of the molecule is NOP(=O)(O)C(CCC(=O)O)(CC(=O)O)C(=O)O. The molecule has 0 aliphatic carbocycles. The number of carbonyl (C=O) groups is 3. The van der Waals surface area contributed by atoms with Crippen LogP contribution >= 0.6 is 7.60 Å². The minimum Gasteiger partial charge on any atom is -0.481 e. The lowest BCUT2D eigenvalue weighted by Gasteiger charge is -2.29. The Kier molecular flexibility index (Phi) is 5.43. The maximum Gasteiger partial charge on any atom is 0.362 e. The van der Waals surface area contributed by atoms with Gasteiger partial charge in [0.15, 0.2) is 5.16 Å². The van der Waals surface area contributed by atoms with Crippen LogP contribution in [0.25, 0.3) is 0 Å². The van der Waals surface area contributed by atoms with Gasteiger partial charge in [-0.3, -0.25) is 18.9 Å². The summed E-state index contributed by atoms with van der Waals surface area (Å²) in [5.41, 5.74) is 0. The molecule has 0 aromatic heterocycles. The van der Waals surface area contributed by atoms with Crippen molar-refractivity contribution in [2.24, 2.45) is 5.90 Å². The average Bonchev–Trinajstić information content (AvgIpc) is 2.22. The largest absolute Gasteiger partial charge is 0.481 e. The zero-order chi connectivity index (χ0) is 14.6. The van der Waals surface area contributed by atoms with E-state index < -0.39 is 49.9 Å². The Morgan fingerprint density at radius 1 is 1.17 bits per heavy atom. The van der Waals surface area contributed by atoms with Crippen LogP contribution in [0.3, 0.4) is 0 Å². The molecule has 0 aromatic carbocycles. The third-order valence-electron chi connectivity index (χ3n) is 2.28. The van der Waals surface area contributed by atoms with Crippen LogP contribution in [-0.2, 0) is 23.6 Å². The molecule has 0 fully saturated rings. The Hall–Kier alpha value is -1.48. The molecule has 0 aliphatic heterocycles. The molecule has 0 saturated heterocycles. The summed E-state index contributed by atoms with van der Waals surface area (Å²) in [6.45, 7) is 0. The Labute approximate surface area is 100 Å². The molecule has 0 rings (SSSR count). The average molecular weight is 285 g/mol. The lowest BCUT2D eigenvalue weighted by molar-refractivity contribution is -0.148. The van der Waals surface area contributed by atoms with Gasteiger partial charge in [0.1, 0.15) is 0 Å². The van der Waals surface area contributed by atoms with Crippen molar-refractivity contribution in [2.75, 3.05) is 0 Å². The van der Waals surface area contributed by atoms with Gasteiger partial charge in [-0.15, -0.1) is 0 Å². The molecule has 0 heterocycles. The fraction of sp³-hybridized carbons (Fsp3) is 0.571. The van der Waals surface area contributed by atoms with Crippen LogP contribution in [0.4, 0.5) is 0 Å². The van der Waals surface area contributed by atoms with E-state index in [1.807, 2.05) is 0 Å².